The zero-order valence-corrected chi connectivity index (χ0v) is 10.7. The fourth-order valence-electron chi connectivity index (χ4n) is 1.51. The van der Waals surface area contributed by atoms with Gasteiger partial charge in [-0.1, -0.05) is 20.8 Å². The quantitative estimate of drug-likeness (QED) is 0.812. The van der Waals surface area contributed by atoms with E-state index in [-0.39, 0.29) is 5.82 Å². The van der Waals surface area contributed by atoms with Gasteiger partial charge >= 0.3 is 0 Å². The highest BCUT2D eigenvalue weighted by Gasteiger charge is 2.08. The van der Waals surface area contributed by atoms with Gasteiger partial charge in [0.25, 0.3) is 0 Å². The lowest BCUT2D eigenvalue weighted by Gasteiger charge is -2.18. The summed E-state index contributed by atoms with van der Waals surface area (Å²) in [5.74, 6) is -0.350. The van der Waals surface area contributed by atoms with E-state index < -0.39 is 0 Å². The van der Waals surface area contributed by atoms with Gasteiger partial charge in [0.2, 0.25) is 0 Å². The number of benzene rings is 1. The molecule has 0 aromatic heterocycles. The standard InChI is InChI=1S/C14H19FN2/c1-14(2,3)4-5-17-10-12-6-11(9-16)7-13(15)8-12/h6-8,17H,4-5,10H2,1-3H3. The van der Waals surface area contributed by atoms with Crippen LogP contribution in [0.5, 0.6) is 0 Å². The molecule has 0 saturated carbocycles. The molecule has 0 heterocycles. The lowest BCUT2D eigenvalue weighted by Crippen LogP contribution is -2.20. The van der Waals surface area contributed by atoms with Crippen molar-refractivity contribution in [2.45, 2.75) is 33.7 Å². The van der Waals surface area contributed by atoms with Crippen LogP contribution in [0.15, 0.2) is 18.2 Å². The number of nitrogens with one attached hydrogen (secondary N) is 1. The molecule has 1 rings (SSSR count). The summed E-state index contributed by atoms with van der Waals surface area (Å²) >= 11 is 0. The number of nitrogens with zero attached hydrogens (tertiary/aromatic N) is 1. The maximum absolute atomic E-state index is 13.1. The van der Waals surface area contributed by atoms with Gasteiger partial charge < -0.3 is 5.32 Å². The summed E-state index contributed by atoms with van der Waals surface area (Å²) in [6, 6.07) is 6.38. The summed E-state index contributed by atoms with van der Waals surface area (Å²) in [5, 5.41) is 12.0. The normalized spacial score (nSPS) is 11.2. The minimum atomic E-state index is -0.350. The first-order valence-corrected chi connectivity index (χ1v) is 5.81. The Morgan fingerprint density at radius 1 is 1.29 bits per heavy atom. The summed E-state index contributed by atoms with van der Waals surface area (Å²) < 4.78 is 13.1. The molecule has 0 radical (unpaired) electrons. The zero-order valence-electron chi connectivity index (χ0n) is 10.7. The Bertz CT molecular complexity index is 413. The summed E-state index contributed by atoms with van der Waals surface area (Å²) in [4.78, 5) is 0. The highest BCUT2D eigenvalue weighted by atomic mass is 19.1. The van der Waals surface area contributed by atoms with Crippen molar-refractivity contribution in [3.63, 3.8) is 0 Å². The monoisotopic (exact) mass is 234 g/mol. The zero-order chi connectivity index (χ0) is 12.9. The van der Waals surface area contributed by atoms with Crippen molar-refractivity contribution in [2.24, 2.45) is 5.41 Å². The third-order valence-corrected chi connectivity index (χ3v) is 2.47. The van der Waals surface area contributed by atoms with Crippen LogP contribution in [0.4, 0.5) is 4.39 Å². The molecule has 0 aliphatic carbocycles. The summed E-state index contributed by atoms with van der Waals surface area (Å²) in [6.45, 7) is 8.05. The predicted octanol–water partition coefficient (Wildman–Crippen LogP) is 3.22. The Kier molecular flexibility index (Phi) is 4.65. The van der Waals surface area contributed by atoms with E-state index in [1.165, 1.54) is 12.1 Å². The molecule has 3 heteroatoms. The maximum atomic E-state index is 13.1. The molecule has 1 aromatic rings. The van der Waals surface area contributed by atoms with Crippen LogP contribution in [0.3, 0.4) is 0 Å². The van der Waals surface area contributed by atoms with Crippen LogP contribution >= 0.6 is 0 Å². The van der Waals surface area contributed by atoms with Gasteiger partial charge in [-0.3, -0.25) is 0 Å². The Morgan fingerprint density at radius 2 is 2.00 bits per heavy atom. The van der Waals surface area contributed by atoms with Gasteiger partial charge in [-0.15, -0.1) is 0 Å². The van der Waals surface area contributed by atoms with E-state index >= 15 is 0 Å². The van der Waals surface area contributed by atoms with E-state index in [1.54, 1.807) is 6.07 Å². The number of rotatable bonds is 4. The van der Waals surface area contributed by atoms with Crippen molar-refractivity contribution in [2.75, 3.05) is 6.54 Å². The van der Waals surface area contributed by atoms with Crippen molar-refractivity contribution in [3.05, 3.63) is 35.1 Å². The van der Waals surface area contributed by atoms with Gasteiger partial charge in [-0.05, 0) is 42.1 Å². The molecule has 1 aromatic carbocycles. The summed E-state index contributed by atoms with van der Waals surface area (Å²) in [7, 11) is 0. The number of hydrogen-bond acceptors (Lipinski definition) is 2. The number of halogens is 1. The topological polar surface area (TPSA) is 35.8 Å². The molecule has 0 spiro atoms. The molecule has 0 unspecified atom stereocenters. The van der Waals surface area contributed by atoms with Crippen molar-refractivity contribution >= 4 is 0 Å². The van der Waals surface area contributed by atoms with Gasteiger partial charge in [0.05, 0.1) is 11.6 Å². The van der Waals surface area contributed by atoms with Gasteiger partial charge in [0.15, 0.2) is 0 Å². The van der Waals surface area contributed by atoms with Crippen LogP contribution in [-0.4, -0.2) is 6.54 Å². The number of nitriles is 1. The van der Waals surface area contributed by atoms with Gasteiger partial charge in [0.1, 0.15) is 5.82 Å². The third-order valence-electron chi connectivity index (χ3n) is 2.47. The van der Waals surface area contributed by atoms with Gasteiger partial charge in [0, 0.05) is 6.54 Å². The van der Waals surface area contributed by atoms with E-state index in [1.807, 2.05) is 6.07 Å². The Hall–Kier alpha value is -1.40. The second-order valence-corrected chi connectivity index (χ2v) is 5.45. The van der Waals surface area contributed by atoms with E-state index in [0.29, 0.717) is 17.5 Å². The van der Waals surface area contributed by atoms with Crippen molar-refractivity contribution in [3.8, 4) is 6.07 Å². The average Bonchev–Trinajstić information content (AvgIpc) is 2.22. The maximum Gasteiger partial charge on any atom is 0.124 e. The number of hydrogen-bond donors (Lipinski definition) is 1. The molecule has 2 nitrogen and oxygen atoms in total. The lowest BCUT2D eigenvalue weighted by molar-refractivity contribution is 0.366. The third kappa shape index (κ3) is 5.46. The Balaban J connectivity index is 2.47. The molecule has 1 N–H and O–H groups in total. The van der Waals surface area contributed by atoms with Crippen molar-refractivity contribution in [1.82, 2.24) is 5.32 Å². The predicted molar refractivity (Wildman–Crippen MR) is 66.9 cm³/mol. The second kappa shape index (κ2) is 5.79. The van der Waals surface area contributed by atoms with Crippen LogP contribution in [0, 0.1) is 22.6 Å². The van der Waals surface area contributed by atoms with E-state index in [4.69, 9.17) is 5.26 Å². The molecule has 0 saturated heterocycles. The highest BCUT2D eigenvalue weighted by molar-refractivity contribution is 5.33. The molecule has 17 heavy (non-hydrogen) atoms. The SMILES string of the molecule is CC(C)(C)CCNCc1cc(F)cc(C#N)c1. The minimum Gasteiger partial charge on any atom is -0.313 e. The van der Waals surface area contributed by atoms with E-state index in [0.717, 1.165) is 18.5 Å². The molecule has 0 atom stereocenters. The molecule has 0 aliphatic rings. The summed E-state index contributed by atoms with van der Waals surface area (Å²) in [6.07, 6.45) is 1.06. The molecular formula is C14H19FN2. The fourth-order valence-corrected chi connectivity index (χ4v) is 1.51. The smallest absolute Gasteiger partial charge is 0.124 e. The fraction of sp³-hybridized carbons (Fsp3) is 0.500. The van der Waals surface area contributed by atoms with Crippen LogP contribution in [-0.2, 0) is 6.54 Å². The second-order valence-electron chi connectivity index (χ2n) is 5.45. The Morgan fingerprint density at radius 3 is 2.59 bits per heavy atom. The molecule has 92 valence electrons. The van der Waals surface area contributed by atoms with Crippen LogP contribution in [0.1, 0.15) is 38.3 Å². The largest absolute Gasteiger partial charge is 0.313 e. The van der Waals surface area contributed by atoms with Gasteiger partial charge in [-0.25, -0.2) is 4.39 Å². The van der Waals surface area contributed by atoms with Crippen LogP contribution in [0.25, 0.3) is 0 Å². The van der Waals surface area contributed by atoms with Crippen LogP contribution < -0.4 is 5.32 Å². The van der Waals surface area contributed by atoms with E-state index in [9.17, 15) is 4.39 Å². The van der Waals surface area contributed by atoms with Gasteiger partial charge in [-0.2, -0.15) is 5.26 Å². The van der Waals surface area contributed by atoms with Crippen molar-refractivity contribution < 1.29 is 4.39 Å². The Labute approximate surface area is 102 Å². The van der Waals surface area contributed by atoms with Crippen molar-refractivity contribution in [1.29, 1.82) is 5.26 Å². The molecule has 0 aliphatic heterocycles. The van der Waals surface area contributed by atoms with E-state index in [2.05, 4.69) is 26.1 Å². The average molecular weight is 234 g/mol. The summed E-state index contributed by atoms with van der Waals surface area (Å²) in [5.41, 5.74) is 1.49. The molecule has 0 bridgehead atoms. The first kappa shape index (κ1) is 13.7. The van der Waals surface area contributed by atoms with Crippen LogP contribution in [0.2, 0.25) is 0 Å². The molecule has 0 fully saturated rings. The highest BCUT2D eigenvalue weighted by Crippen LogP contribution is 2.17. The molecular weight excluding hydrogens is 215 g/mol. The minimum absolute atomic E-state index is 0.298. The molecule has 0 amide bonds. The lowest BCUT2D eigenvalue weighted by atomic mass is 9.92. The first-order chi connectivity index (χ1) is 7.90. The first-order valence-electron chi connectivity index (χ1n) is 5.81.